The van der Waals surface area contributed by atoms with E-state index in [0.29, 0.717) is 0 Å². The van der Waals surface area contributed by atoms with Crippen LogP contribution in [0.5, 0.6) is 5.75 Å². The first-order chi connectivity index (χ1) is 14.6. The summed E-state index contributed by atoms with van der Waals surface area (Å²) in [6.07, 6.45) is 4.25. The molecule has 2 aromatic rings. The number of rotatable bonds is 8. The highest BCUT2D eigenvalue weighted by molar-refractivity contribution is 6.84. The van der Waals surface area contributed by atoms with Crippen LogP contribution >= 0.6 is 0 Å². The van der Waals surface area contributed by atoms with E-state index in [-0.39, 0.29) is 17.8 Å². The van der Waals surface area contributed by atoms with Crippen LogP contribution in [-0.4, -0.2) is 21.0 Å². The van der Waals surface area contributed by atoms with Gasteiger partial charge in [0, 0.05) is 5.92 Å². The van der Waals surface area contributed by atoms with Crippen molar-refractivity contribution in [1.82, 2.24) is 0 Å². The van der Waals surface area contributed by atoms with Crippen LogP contribution in [0.25, 0.3) is 6.08 Å². The Kier molecular flexibility index (Phi) is 8.74. The van der Waals surface area contributed by atoms with Crippen molar-refractivity contribution in [3.8, 4) is 17.6 Å². The second-order valence-corrected chi connectivity index (χ2v) is 13.1. The molecule has 0 heterocycles. The monoisotopic (exact) mass is 434 g/mol. The maximum Gasteiger partial charge on any atom is 0.220 e. The van der Waals surface area contributed by atoms with Crippen LogP contribution in [0, 0.1) is 29.6 Å². The van der Waals surface area contributed by atoms with E-state index in [4.69, 9.17) is 9.16 Å². The fourth-order valence-corrected chi connectivity index (χ4v) is 6.29. The SMILES string of the molecule is COc1cccc(/C=C/[C@H](C)C#CC(O[Si](C)(C)c2ccccc2)(C(C)C)C(C)C)c1. The van der Waals surface area contributed by atoms with Crippen molar-refractivity contribution in [1.29, 1.82) is 0 Å². The van der Waals surface area contributed by atoms with Crippen molar-refractivity contribution in [3.63, 3.8) is 0 Å². The summed E-state index contributed by atoms with van der Waals surface area (Å²) < 4.78 is 12.3. The minimum absolute atomic E-state index is 0.119. The molecule has 0 bridgehead atoms. The number of hydrogen-bond donors (Lipinski definition) is 0. The Balaban J connectivity index is 2.30. The van der Waals surface area contributed by atoms with Crippen molar-refractivity contribution in [2.75, 3.05) is 7.11 Å². The third-order valence-corrected chi connectivity index (χ3v) is 8.35. The summed E-state index contributed by atoms with van der Waals surface area (Å²) >= 11 is 0. The molecule has 2 rings (SSSR count). The lowest BCUT2D eigenvalue weighted by atomic mass is 9.80. The van der Waals surface area contributed by atoms with E-state index in [0.717, 1.165) is 11.3 Å². The van der Waals surface area contributed by atoms with Crippen molar-refractivity contribution < 1.29 is 9.16 Å². The van der Waals surface area contributed by atoms with Crippen LogP contribution in [0.4, 0.5) is 0 Å². The Morgan fingerprint density at radius 2 is 1.55 bits per heavy atom. The van der Waals surface area contributed by atoms with Crippen LogP contribution in [0.3, 0.4) is 0 Å². The van der Waals surface area contributed by atoms with E-state index in [9.17, 15) is 0 Å². The Hall–Kier alpha value is -2.28. The van der Waals surface area contributed by atoms with Gasteiger partial charge in [-0.2, -0.15) is 0 Å². The predicted molar refractivity (Wildman–Crippen MR) is 136 cm³/mol. The lowest BCUT2D eigenvalue weighted by Crippen LogP contribution is -2.56. The molecule has 2 aromatic carbocycles. The van der Waals surface area contributed by atoms with Gasteiger partial charge >= 0.3 is 0 Å². The maximum absolute atomic E-state index is 7.00. The molecule has 0 aliphatic heterocycles. The number of benzene rings is 2. The summed E-state index contributed by atoms with van der Waals surface area (Å²) in [5.41, 5.74) is 0.629. The molecule has 0 amide bonds. The van der Waals surface area contributed by atoms with E-state index < -0.39 is 13.9 Å². The minimum atomic E-state index is -2.13. The van der Waals surface area contributed by atoms with Gasteiger partial charge in [-0.25, -0.2) is 0 Å². The molecule has 2 nitrogen and oxygen atoms in total. The first kappa shape index (κ1) is 25.0. The summed E-state index contributed by atoms with van der Waals surface area (Å²) in [7, 11) is -0.439. The zero-order valence-electron chi connectivity index (χ0n) is 20.4. The molecule has 0 aromatic heterocycles. The third-order valence-electron chi connectivity index (χ3n) is 5.77. The van der Waals surface area contributed by atoms with Gasteiger partial charge in [-0.1, -0.05) is 94.2 Å². The van der Waals surface area contributed by atoms with Gasteiger partial charge in [-0.05, 0) is 54.7 Å². The fourth-order valence-electron chi connectivity index (χ4n) is 3.81. The number of hydrogen-bond acceptors (Lipinski definition) is 2. The van der Waals surface area contributed by atoms with Gasteiger partial charge < -0.3 is 9.16 Å². The Labute approximate surface area is 190 Å². The van der Waals surface area contributed by atoms with Gasteiger partial charge in [0.15, 0.2) is 0 Å². The van der Waals surface area contributed by atoms with E-state index >= 15 is 0 Å². The highest BCUT2D eigenvalue weighted by Crippen LogP contribution is 2.33. The lowest BCUT2D eigenvalue weighted by Gasteiger charge is -2.43. The molecule has 0 saturated carbocycles. The van der Waals surface area contributed by atoms with Gasteiger partial charge in [0.2, 0.25) is 8.32 Å². The predicted octanol–water partition coefficient (Wildman–Crippen LogP) is 6.53. The van der Waals surface area contributed by atoms with Gasteiger partial charge in [0.05, 0.1) is 7.11 Å². The highest BCUT2D eigenvalue weighted by Gasteiger charge is 2.43. The molecule has 0 fully saturated rings. The second-order valence-electron chi connectivity index (χ2n) is 9.27. The van der Waals surface area contributed by atoms with Crippen LogP contribution in [0.2, 0.25) is 13.1 Å². The molecular weight excluding hydrogens is 396 g/mol. The molecule has 1 atom stereocenters. The first-order valence-electron chi connectivity index (χ1n) is 11.2. The molecule has 0 aliphatic carbocycles. The smallest absolute Gasteiger partial charge is 0.220 e. The van der Waals surface area contributed by atoms with Crippen molar-refractivity contribution in [2.45, 2.75) is 53.3 Å². The average molecular weight is 435 g/mol. The molecule has 0 N–H and O–H groups in total. The summed E-state index contributed by atoms with van der Waals surface area (Å²) in [5.74, 6) is 8.64. The normalized spacial score (nSPS) is 13.4. The summed E-state index contributed by atoms with van der Waals surface area (Å²) in [5, 5.41) is 1.30. The number of methoxy groups -OCH3 is 1. The molecule has 0 radical (unpaired) electrons. The van der Waals surface area contributed by atoms with Crippen LogP contribution in [0.15, 0.2) is 60.7 Å². The first-order valence-corrected chi connectivity index (χ1v) is 14.1. The van der Waals surface area contributed by atoms with E-state index in [1.54, 1.807) is 7.11 Å². The van der Waals surface area contributed by atoms with Gasteiger partial charge in [-0.3, -0.25) is 0 Å². The lowest BCUT2D eigenvalue weighted by molar-refractivity contribution is 0.0291. The Morgan fingerprint density at radius 3 is 2.13 bits per heavy atom. The second kappa shape index (κ2) is 10.8. The number of ether oxygens (including phenoxy) is 1. The van der Waals surface area contributed by atoms with Gasteiger partial charge in [0.25, 0.3) is 0 Å². The van der Waals surface area contributed by atoms with Crippen molar-refractivity contribution in [2.24, 2.45) is 17.8 Å². The van der Waals surface area contributed by atoms with Crippen LogP contribution in [-0.2, 0) is 4.43 Å². The third kappa shape index (κ3) is 6.60. The minimum Gasteiger partial charge on any atom is -0.497 e. The highest BCUT2D eigenvalue weighted by atomic mass is 28.4. The van der Waals surface area contributed by atoms with Crippen LogP contribution in [0.1, 0.15) is 40.2 Å². The average Bonchev–Trinajstić information content (AvgIpc) is 2.75. The molecule has 0 aliphatic rings. The van der Waals surface area contributed by atoms with Crippen molar-refractivity contribution >= 4 is 19.6 Å². The topological polar surface area (TPSA) is 18.5 Å². The number of allylic oxidation sites excluding steroid dienone is 1. The standard InChI is InChI=1S/C28H38O2Si/c1-22(2)28(23(3)4,30-31(7,8)27-15-10-9-11-16-27)20-19-24(5)17-18-25-13-12-14-26(21-25)29-6/h9-18,21-24H,1-8H3/b18-17+/t24-/m0/s1. The molecule has 0 unspecified atom stereocenters. The van der Waals surface area contributed by atoms with E-state index in [1.807, 2.05) is 18.2 Å². The Bertz CT molecular complexity index is 909. The largest absolute Gasteiger partial charge is 0.497 e. The molecule has 166 valence electrons. The molecule has 0 saturated heterocycles. The maximum atomic E-state index is 7.00. The summed E-state index contributed by atoms with van der Waals surface area (Å²) in [6, 6.07) is 18.7. The summed E-state index contributed by atoms with van der Waals surface area (Å²) in [6.45, 7) is 15.6. The summed E-state index contributed by atoms with van der Waals surface area (Å²) in [4.78, 5) is 0. The van der Waals surface area contributed by atoms with Crippen LogP contribution < -0.4 is 9.92 Å². The fraction of sp³-hybridized carbons (Fsp3) is 0.429. The molecular formula is C28H38O2Si. The zero-order chi connectivity index (χ0) is 23.1. The zero-order valence-corrected chi connectivity index (χ0v) is 21.4. The molecule has 31 heavy (non-hydrogen) atoms. The Morgan fingerprint density at radius 1 is 0.903 bits per heavy atom. The van der Waals surface area contributed by atoms with Gasteiger partial charge in [0.1, 0.15) is 11.4 Å². The van der Waals surface area contributed by atoms with Gasteiger partial charge in [-0.15, -0.1) is 0 Å². The van der Waals surface area contributed by atoms with Crippen molar-refractivity contribution in [3.05, 3.63) is 66.2 Å². The quantitative estimate of drug-likeness (QED) is 0.347. The van der Waals surface area contributed by atoms with E-state index in [2.05, 4.69) is 108 Å². The molecule has 0 spiro atoms. The van der Waals surface area contributed by atoms with E-state index in [1.165, 1.54) is 5.19 Å². The molecule has 3 heteroatoms.